The Hall–Kier alpha value is -1.61. The van der Waals surface area contributed by atoms with Crippen molar-refractivity contribution >= 4 is 0 Å². The molecular weight excluding hydrogens is 222 g/mol. The zero-order chi connectivity index (χ0) is 12.8. The molecule has 0 radical (unpaired) electrons. The van der Waals surface area contributed by atoms with Crippen molar-refractivity contribution in [1.29, 1.82) is 0 Å². The van der Waals surface area contributed by atoms with Crippen molar-refractivity contribution in [3.63, 3.8) is 0 Å². The van der Waals surface area contributed by atoms with Crippen LogP contribution in [-0.2, 0) is 13.0 Å². The van der Waals surface area contributed by atoms with Crippen molar-refractivity contribution in [2.75, 3.05) is 0 Å². The zero-order valence-corrected chi connectivity index (χ0v) is 10.9. The van der Waals surface area contributed by atoms with Crippen molar-refractivity contribution in [2.45, 2.75) is 38.8 Å². The predicted molar refractivity (Wildman–Crippen MR) is 74.2 cm³/mol. The lowest BCUT2D eigenvalue weighted by molar-refractivity contribution is 0.527. The van der Waals surface area contributed by atoms with Gasteiger partial charge in [0.2, 0.25) is 0 Å². The third-order valence-corrected chi connectivity index (χ3v) is 3.17. The van der Waals surface area contributed by atoms with E-state index in [9.17, 15) is 0 Å². The standard InChI is InChI=1S/C15H21N3/c1-2-3-5-13-6-8-14(9-7-13)15(16)12-18-11-4-10-17-18/h4,6-11,15H,2-3,5,12,16H2,1H3. The van der Waals surface area contributed by atoms with Gasteiger partial charge in [-0.1, -0.05) is 37.6 Å². The summed E-state index contributed by atoms with van der Waals surface area (Å²) in [7, 11) is 0. The summed E-state index contributed by atoms with van der Waals surface area (Å²) in [5.74, 6) is 0. The van der Waals surface area contributed by atoms with E-state index in [0.29, 0.717) is 0 Å². The molecule has 0 saturated heterocycles. The molecule has 18 heavy (non-hydrogen) atoms. The van der Waals surface area contributed by atoms with E-state index < -0.39 is 0 Å². The molecule has 1 atom stereocenters. The molecule has 1 unspecified atom stereocenters. The number of rotatable bonds is 6. The summed E-state index contributed by atoms with van der Waals surface area (Å²) in [6, 6.07) is 10.6. The van der Waals surface area contributed by atoms with Crippen molar-refractivity contribution < 1.29 is 0 Å². The topological polar surface area (TPSA) is 43.8 Å². The van der Waals surface area contributed by atoms with Crippen LogP contribution in [0.4, 0.5) is 0 Å². The molecule has 0 aliphatic carbocycles. The van der Waals surface area contributed by atoms with Gasteiger partial charge in [0, 0.05) is 18.4 Å². The number of hydrogen-bond donors (Lipinski definition) is 1. The van der Waals surface area contributed by atoms with Crippen molar-refractivity contribution in [1.82, 2.24) is 9.78 Å². The number of unbranched alkanes of at least 4 members (excludes halogenated alkanes) is 1. The molecule has 0 bridgehead atoms. The van der Waals surface area contributed by atoms with Gasteiger partial charge in [0.1, 0.15) is 0 Å². The Balaban J connectivity index is 1.96. The molecule has 0 spiro atoms. The Labute approximate surface area is 109 Å². The first-order valence-electron chi connectivity index (χ1n) is 6.61. The summed E-state index contributed by atoms with van der Waals surface area (Å²) in [5, 5.41) is 4.18. The van der Waals surface area contributed by atoms with Crippen LogP contribution in [0.25, 0.3) is 0 Å². The van der Waals surface area contributed by atoms with Crippen molar-refractivity contribution in [2.24, 2.45) is 5.73 Å². The summed E-state index contributed by atoms with van der Waals surface area (Å²) in [4.78, 5) is 0. The fraction of sp³-hybridized carbons (Fsp3) is 0.400. The van der Waals surface area contributed by atoms with E-state index in [4.69, 9.17) is 5.73 Å². The van der Waals surface area contributed by atoms with Gasteiger partial charge >= 0.3 is 0 Å². The molecule has 0 fully saturated rings. The van der Waals surface area contributed by atoms with Gasteiger partial charge in [0.05, 0.1) is 6.54 Å². The Morgan fingerprint density at radius 3 is 2.67 bits per heavy atom. The van der Waals surface area contributed by atoms with Crippen LogP contribution < -0.4 is 5.73 Å². The predicted octanol–water partition coefficient (Wildman–Crippen LogP) is 2.93. The van der Waals surface area contributed by atoms with Crippen molar-refractivity contribution in [3.05, 3.63) is 53.9 Å². The van der Waals surface area contributed by atoms with E-state index in [-0.39, 0.29) is 6.04 Å². The smallest absolute Gasteiger partial charge is 0.0602 e. The maximum Gasteiger partial charge on any atom is 0.0602 e. The molecule has 0 aliphatic rings. The molecule has 1 aromatic carbocycles. The fourth-order valence-electron chi connectivity index (χ4n) is 2.03. The zero-order valence-electron chi connectivity index (χ0n) is 10.9. The summed E-state index contributed by atoms with van der Waals surface area (Å²) in [5.41, 5.74) is 8.74. The lowest BCUT2D eigenvalue weighted by Gasteiger charge is -2.12. The van der Waals surface area contributed by atoms with Crippen LogP contribution in [-0.4, -0.2) is 9.78 Å². The minimum Gasteiger partial charge on any atom is -0.322 e. The van der Waals surface area contributed by atoms with Gasteiger partial charge in [-0.25, -0.2) is 0 Å². The summed E-state index contributed by atoms with van der Waals surface area (Å²) in [6.07, 6.45) is 7.36. The minimum absolute atomic E-state index is 0.00475. The first-order valence-corrected chi connectivity index (χ1v) is 6.61. The second kappa shape index (κ2) is 6.36. The first-order chi connectivity index (χ1) is 8.79. The molecule has 2 N–H and O–H groups in total. The molecule has 96 valence electrons. The molecule has 0 amide bonds. The lowest BCUT2D eigenvalue weighted by atomic mass is 10.0. The third kappa shape index (κ3) is 3.44. The molecule has 1 heterocycles. The van der Waals surface area contributed by atoms with Gasteiger partial charge in [0.25, 0.3) is 0 Å². The molecule has 1 aromatic heterocycles. The van der Waals surface area contributed by atoms with Crippen LogP contribution in [0.2, 0.25) is 0 Å². The molecule has 3 heteroatoms. The van der Waals surface area contributed by atoms with Crippen LogP contribution in [0.15, 0.2) is 42.7 Å². The van der Waals surface area contributed by atoms with Crippen LogP contribution in [0.1, 0.15) is 36.9 Å². The number of aryl methyl sites for hydroxylation is 1. The van der Waals surface area contributed by atoms with Crippen LogP contribution in [0, 0.1) is 0 Å². The number of nitrogens with zero attached hydrogens (tertiary/aromatic N) is 2. The van der Waals surface area contributed by atoms with Crippen molar-refractivity contribution in [3.8, 4) is 0 Å². The van der Waals surface area contributed by atoms with Gasteiger partial charge in [-0.05, 0) is 30.0 Å². The normalized spacial score (nSPS) is 12.6. The number of nitrogens with two attached hydrogens (primary N) is 1. The van der Waals surface area contributed by atoms with Gasteiger partial charge in [-0.2, -0.15) is 5.10 Å². The minimum atomic E-state index is 0.00475. The lowest BCUT2D eigenvalue weighted by Crippen LogP contribution is -2.17. The van der Waals surface area contributed by atoms with Gasteiger partial charge in [-0.15, -0.1) is 0 Å². The Bertz CT molecular complexity index is 445. The maximum absolute atomic E-state index is 6.18. The average molecular weight is 243 g/mol. The monoisotopic (exact) mass is 243 g/mol. The Morgan fingerprint density at radius 1 is 1.28 bits per heavy atom. The fourth-order valence-corrected chi connectivity index (χ4v) is 2.03. The Morgan fingerprint density at radius 2 is 2.06 bits per heavy atom. The van der Waals surface area contributed by atoms with E-state index in [1.807, 2.05) is 16.9 Å². The molecule has 0 saturated carbocycles. The second-order valence-electron chi connectivity index (χ2n) is 4.68. The van der Waals surface area contributed by atoms with Crippen LogP contribution in [0.5, 0.6) is 0 Å². The highest BCUT2D eigenvalue weighted by atomic mass is 15.3. The van der Waals surface area contributed by atoms with E-state index in [2.05, 4.69) is 36.3 Å². The van der Waals surface area contributed by atoms with E-state index in [1.165, 1.54) is 24.0 Å². The average Bonchev–Trinajstić information content (AvgIpc) is 2.89. The summed E-state index contributed by atoms with van der Waals surface area (Å²) in [6.45, 7) is 2.94. The summed E-state index contributed by atoms with van der Waals surface area (Å²) >= 11 is 0. The first kappa shape index (κ1) is 12.8. The third-order valence-electron chi connectivity index (χ3n) is 3.17. The molecule has 2 aromatic rings. The quantitative estimate of drug-likeness (QED) is 0.847. The highest BCUT2D eigenvalue weighted by molar-refractivity contribution is 5.24. The van der Waals surface area contributed by atoms with Gasteiger partial charge in [-0.3, -0.25) is 4.68 Å². The molecule has 3 nitrogen and oxygen atoms in total. The molecule has 0 aliphatic heterocycles. The van der Waals surface area contributed by atoms with E-state index in [0.717, 1.165) is 13.0 Å². The number of aromatic nitrogens is 2. The molecular formula is C15H21N3. The number of benzene rings is 1. The molecule has 2 rings (SSSR count). The Kier molecular flexibility index (Phi) is 4.53. The summed E-state index contributed by atoms with van der Waals surface area (Å²) < 4.78 is 1.87. The highest BCUT2D eigenvalue weighted by Crippen LogP contribution is 2.14. The van der Waals surface area contributed by atoms with E-state index >= 15 is 0 Å². The van der Waals surface area contributed by atoms with Gasteiger partial charge < -0.3 is 5.73 Å². The highest BCUT2D eigenvalue weighted by Gasteiger charge is 2.06. The van der Waals surface area contributed by atoms with Crippen LogP contribution >= 0.6 is 0 Å². The SMILES string of the molecule is CCCCc1ccc(C(N)Cn2cccn2)cc1. The maximum atomic E-state index is 6.18. The van der Waals surface area contributed by atoms with E-state index in [1.54, 1.807) is 6.20 Å². The number of hydrogen-bond acceptors (Lipinski definition) is 2. The van der Waals surface area contributed by atoms with Gasteiger partial charge in [0.15, 0.2) is 0 Å². The largest absolute Gasteiger partial charge is 0.322 e. The van der Waals surface area contributed by atoms with Crippen LogP contribution in [0.3, 0.4) is 0 Å². The second-order valence-corrected chi connectivity index (χ2v) is 4.68.